The third-order valence-corrected chi connectivity index (χ3v) is 1.82. The first kappa shape index (κ1) is 8.80. The maximum absolute atomic E-state index is 10.2. The Kier molecular flexibility index (Phi) is 5.12. The monoisotopic (exact) mass is 337 g/mol. The second-order valence-electron chi connectivity index (χ2n) is 1.23. The van der Waals surface area contributed by atoms with Gasteiger partial charge in [-0.1, -0.05) is 22.6 Å². The maximum Gasteiger partial charge on any atom is 0.306 e. The van der Waals surface area contributed by atoms with Crippen molar-refractivity contribution >= 4 is 54.8 Å². The van der Waals surface area contributed by atoms with Gasteiger partial charge in [-0.25, -0.2) is 4.99 Å². The summed E-state index contributed by atoms with van der Waals surface area (Å²) >= 11 is 3.81. The zero-order valence-electron chi connectivity index (χ0n) is 4.32. The number of amides is 1. The van der Waals surface area contributed by atoms with Crippen LogP contribution in [-0.4, -0.2) is 14.1 Å². The van der Waals surface area contributed by atoms with Crippen LogP contribution in [0.5, 0.6) is 0 Å². The Morgan fingerprint density at radius 1 is 1.75 bits per heavy atom. The second kappa shape index (κ2) is 4.66. The Balaban J connectivity index is 3.75. The molecule has 0 fully saturated rings. The molecular formula is C4H5I2NO. The minimum Gasteiger partial charge on any atom is -0.260 e. The number of hydrogen-bond donors (Lipinski definition) is 0. The molecule has 0 spiro atoms. The fourth-order valence-corrected chi connectivity index (χ4v) is 0.762. The van der Waals surface area contributed by atoms with E-state index in [9.17, 15) is 4.79 Å². The Morgan fingerprint density at radius 2 is 2.25 bits per heavy atom. The first-order chi connectivity index (χ1) is 3.66. The van der Waals surface area contributed by atoms with E-state index in [2.05, 4.69) is 27.6 Å². The second-order valence-corrected chi connectivity index (χ2v) is 2.92. The van der Waals surface area contributed by atoms with Crippen LogP contribution in [0.3, 0.4) is 0 Å². The number of aliphatic imine (C=N–C) groups is 1. The molecule has 8 heavy (non-hydrogen) atoms. The molecule has 0 rings (SSSR count). The van der Waals surface area contributed by atoms with Crippen molar-refractivity contribution in [3.63, 3.8) is 0 Å². The van der Waals surface area contributed by atoms with Gasteiger partial charge in [0.25, 0.3) is 0 Å². The van der Waals surface area contributed by atoms with E-state index in [1.807, 2.05) is 6.92 Å². The van der Waals surface area contributed by atoms with Crippen molar-refractivity contribution in [2.24, 2.45) is 4.99 Å². The summed E-state index contributed by atoms with van der Waals surface area (Å²) in [6.07, 6.45) is 0. The Bertz CT molecular complexity index is 121. The van der Waals surface area contributed by atoms with Crippen molar-refractivity contribution in [2.45, 2.75) is 6.92 Å². The van der Waals surface area contributed by atoms with Crippen LogP contribution in [-0.2, 0) is 0 Å². The van der Waals surface area contributed by atoms with Gasteiger partial charge in [-0.3, -0.25) is 4.79 Å². The zero-order chi connectivity index (χ0) is 6.57. The van der Waals surface area contributed by atoms with Crippen molar-refractivity contribution in [1.82, 2.24) is 0 Å². The van der Waals surface area contributed by atoms with Crippen molar-refractivity contribution in [3.8, 4) is 0 Å². The number of halogens is 2. The maximum atomic E-state index is 10.2. The molecule has 46 valence electrons. The lowest BCUT2D eigenvalue weighted by Gasteiger charge is -1.85. The first-order valence-electron chi connectivity index (χ1n) is 1.96. The van der Waals surface area contributed by atoms with Gasteiger partial charge >= 0.3 is 3.91 Å². The number of carbonyl (C=O) groups excluding carboxylic acids is 1. The highest BCUT2D eigenvalue weighted by Crippen LogP contribution is 1.93. The molecule has 0 aliphatic rings. The number of alkyl halides is 1. The van der Waals surface area contributed by atoms with Gasteiger partial charge in [-0.15, -0.1) is 0 Å². The molecule has 0 unspecified atom stereocenters. The first-order valence-corrected chi connectivity index (χ1v) is 4.57. The Morgan fingerprint density at radius 3 is 2.38 bits per heavy atom. The van der Waals surface area contributed by atoms with Gasteiger partial charge < -0.3 is 0 Å². The average Bonchev–Trinajstić information content (AvgIpc) is 1.65. The van der Waals surface area contributed by atoms with Gasteiger partial charge in [0.1, 0.15) is 0 Å². The fraction of sp³-hybridized carbons (Fsp3) is 0.500. The lowest BCUT2D eigenvalue weighted by Crippen LogP contribution is -1.92. The van der Waals surface area contributed by atoms with E-state index in [-0.39, 0.29) is 3.91 Å². The van der Waals surface area contributed by atoms with E-state index in [1.165, 1.54) is 0 Å². The Labute approximate surface area is 75.4 Å². The van der Waals surface area contributed by atoms with Crippen molar-refractivity contribution in [1.29, 1.82) is 0 Å². The van der Waals surface area contributed by atoms with Gasteiger partial charge in [-0.2, -0.15) is 0 Å². The van der Waals surface area contributed by atoms with Crippen LogP contribution < -0.4 is 0 Å². The quantitative estimate of drug-likeness (QED) is 0.238. The molecule has 0 aromatic heterocycles. The molecule has 0 aromatic carbocycles. The molecule has 2 nitrogen and oxygen atoms in total. The van der Waals surface area contributed by atoms with Gasteiger partial charge in [0.2, 0.25) is 0 Å². The molecule has 0 N–H and O–H groups in total. The summed E-state index contributed by atoms with van der Waals surface area (Å²) in [7, 11) is 0. The van der Waals surface area contributed by atoms with Crippen LogP contribution >= 0.6 is 45.2 Å². The summed E-state index contributed by atoms with van der Waals surface area (Å²) in [6.45, 7) is 1.84. The highest BCUT2D eigenvalue weighted by atomic mass is 127. The predicted octanol–water partition coefficient (Wildman–Crippen LogP) is 2.44. The van der Waals surface area contributed by atoms with Gasteiger partial charge in [0.05, 0.1) is 0 Å². The normalized spacial score (nSPS) is 11.6. The van der Waals surface area contributed by atoms with Crippen molar-refractivity contribution in [2.75, 3.05) is 4.43 Å². The standard InChI is InChI=1S/C4H5I2NO/c1-3(2-5)7-4(6)8/h2H2,1H3. The molecule has 0 radical (unpaired) electrons. The third-order valence-electron chi connectivity index (χ3n) is 0.472. The van der Waals surface area contributed by atoms with E-state index in [1.54, 1.807) is 22.6 Å². The lowest BCUT2D eigenvalue weighted by atomic mass is 10.5. The molecule has 0 atom stereocenters. The molecule has 0 aliphatic carbocycles. The minimum absolute atomic E-state index is 0.142. The van der Waals surface area contributed by atoms with Crippen LogP contribution in [0.25, 0.3) is 0 Å². The van der Waals surface area contributed by atoms with Crippen LogP contribution in [0, 0.1) is 0 Å². The van der Waals surface area contributed by atoms with Crippen LogP contribution in [0.15, 0.2) is 4.99 Å². The van der Waals surface area contributed by atoms with Gasteiger partial charge in [-0.05, 0) is 6.92 Å². The van der Waals surface area contributed by atoms with E-state index < -0.39 is 0 Å². The van der Waals surface area contributed by atoms with Crippen LogP contribution in [0.4, 0.5) is 4.79 Å². The summed E-state index contributed by atoms with van der Waals surface area (Å²) in [5.41, 5.74) is 0.880. The zero-order valence-corrected chi connectivity index (χ0v) is 8.63. The highest BCUT2D eigenvalue weighted by Gasteiger charge is 1.89. The predicted molar refractivity (Wildman–Crippen MR) is 51.4 cm³/mol. The third kappa shape index (κ3) is 4.95. The number of nitrogens with zero attached hydrogens (tertiary/aromatic N) is 1. The largest absolute Gasteiger partial charge is 0.306 e. The summed E-state index contributed by atoms with van der Waals surface area (Å²) in [4.78, 5) is 13.9. The summed E-state index contributed by atoms with van der Waals surface area (Å²) in [5.74, 6) is 0. The average molecular weight is 337 g/mol. The smallest absolute Gasteiger partial charge is 0.260 e. The minimum atomic E-state index is -0.142. The van der Waals surface area contributed by atoms with Gasteiger partial charge in [0.15, 0.2) is 0 Å². The van der Waals surface area contributed by atoms with E-state index >= 15 is 0 Å². The van der Waals surface area contributed by atoms with E-state index in [4.69, 9.17) is 0 Å². The number of rotatable bonds is 1. The lowest BCUT2D eigenvalue weighted by molar-refractivity contribution is 0.269. The molecular weight excluding hydrogens is 332 g/mol. The van der Waals surface area contributed by atoms with E-state index in [0.29, 0.717) is 0 Å². The molecule has 0 heterocycles. The van der Waals surface area contributed by atoms with Crippen LogP contribution in [0.2, 0.25) is 0 Å². The number of carbonyl (C=O) groups is 1. The van der Waals surface area contributed by atoms with Crippen LogP contribution in [0.1, 0.15) is 6.92 Å². The molecule has 1 amide bonds. The molecule has 0 aromatic rings. The number of hydrogen-bond acceptors (Lipinski definition) is 1. The molecule has 0 saturated heterocycles. The molecule has 0 bridgehead atoms. The highest BCUT2D eigenvalue weighted by molar-refractivity contribution is 14.1. The summed E-state index contributed by atoms with van der Waals surface area (Å²) in [5, 5.41) is 0. The summed E-state index contributed by atoms with van der Waals surface area (Å²) in [6, 6.07) is 0. The van der Waals surface area contributed by atoms with E-state index in [0.717, 1.165) is 10.1 Å². The fourth-order valence-electron chi connectivity index (χ4n) is 0.180. The molecule has 0 saturated carbocycles. The molecule has 4 heteroatoms. The van der Waals surface area contributed by atoms with Crippen molar-refractivity contribution < 1.29 is 4.79 Å². The van der Waals surface area contributed by atoms with Gasteiger partial charge in [0, 0.05) is 32.7 Å². The topological polar surface area (TPSA) is 29.4 Å². The summed E-state index contributed by atoms with van der Waals surface area (Å²) < 4.78 is 0.684. The Hall–Kier alpha value is 0.800. The van der Waals surface area contributed by atoms with Crippen molar-refractivity contribution in [3.05, 3.63) is 0 Å². The molecule has 0 aliphatic heterocycles. The SMILES string of the molecule is CC(CI)=NC(=O)I.